The first-order valence-corrected chi connectivity index (χ1v) is 7.13. The fourth-order valence-electron chi connectivity index (χ4n) is 2.05. The zero-order valence-electron chi connectivity index (χ0n) is 13.1. The van der Waals surface area contributed by atoms with E-state index in [1.807, 2.05) is 26.8 Å². The topological polar surface area (TPSA) is 68.1 Å². The summed E-state index contributed by atoms with van der Waals surface area (Å²) in [5, 5.41) is 1.39. The maximum atomic E-state index is 12.5. The second-order valence-corrected chi connectivity index (χ2v) is 6.27. The van der Waals surface area contributed by atoms with Crippen molar-refractivity contribution in [3.05, 3.63) is 52.2 Å². The van der Waals surface area contributed by atoms with Crippen LogP contribution >= 0.6 is 0 Å². The van der Waals surface area contributed by atoms with Gasteiger partial charge in [-0.2, -0.15) is 0 Å². The lowest BCUT2D eigenvalue weighted by atomic mass is 9.90. The predicted octanol–water partition coefficient (Wildman–Crippen LogP) is 3.02. The molecule has 0 bridgehead atoms. The lowest BCUT2D eigenvalue weighted by molar-refractivity contribution is 0.348. The molecule has 0 fully saturated rings. The second kappa shape index (κ2) is 6.32. The molecule has 0 saturated carbocycles. The van der Waals surface area contributed by atoms with Crippen LogP contribution < -0.4 is 16.0 Å². The molecule has 4 nitrogen and oxygen atoms in total. The Balaban J connectivity index is 2.38. The molecule has 2 aromatic rings. The van der Waals surface area contributed by atoms with Gasteiger partial charge in [-0.25, -0.2) is 4.39 Å². The van der Waals surface area contributed by atoms with Gasteiger partial charge in [-0.05, 0) is 29.7 Å². The van der Waals surface area contributed by atoms with E-state index in [-0.39, 0.29) is 24.1 Å². The molecule has 0 amide bonds. The van der Waals surface area contributed by atoms with Crippen molar-refractivity contribution in [1.82, 2.24) is 4.98 Å². The summed E-state index contributed by atoms with van der Waals surface area (Å²) in [4.78, 5) is 15.1. The quantitative estimate of drug-likeness (QED) is 0.912. The molecule has 22 heavy (non-hydrogen) atoms. The van der Waals surface area contributed by atoms with E-state index < -0.39 is 0 Å². The Morgan fingerprint density at radius 2 is 2.09 bits per heavy atom. The zero-order chi connectivity index (χ0) is 16.3. The highest BCUT2D eigenvalue weighted by Crippen LogP contribution is 2.24. The van der Waals surface area contributed by atoms with Gasteiger partial charge in [0.2, 0.25) is 0 Å². The number of hydrogen-bond donors (Lipinski definition) is 2. The average Bonchev–Trinajstić information content (AvgIpc) is 2.47. The van der Waals surface area contributed by atoms with Crippen LogP contribution in [0.4, 0.5) is 4.39 Å². The molecule has 0 aliphatic heterocycles. The molecule has 0 aliphatic rings. The molecular weight excluding hydrogens is 283 g/mol. The van der Waals surface area contributed by atoms with E-state index in [9.17, 15) is 9.18 Å². The highest BCUT2D eigenvalue weighted by Gasteiger charge is 2.16. The minimum Gasteiger partial charge on any atom is -0.489 e. The Labute approximate surface area is 128 Å². The van der Waals surface area contributed by atoms with E-state index in [4.69, 9.17) is 10.5 Å². The first-order chi connectivity index (χ1) is 10.3. The lowest BCUT2D eigenvalue weighted by Gasteiger charge is -2.19. The number of benzene rings is 1. The van der Waals surface area contributed by atoms with Crippen LogP contribution in [0.15, 0.2) is 41.0 Å². The minimum atomic E-state index is -0.159. The van der Waals surface area contributed by atoms with Gasteiger partial charge in [0.25, 0.3) is 5.56 Å². The van der Waals surface area contributed by atoms with E-state index >= 15 is 0 Å². The van der Waals surface area contributed by atoms with Crippen LogP contribution in [0.2, 0.25) is 0 Å². The molecule has 1 heterocycles. The third kappa shape index (κ3) is 3.54. The number of aromatic nitrogens is 1. The summed E-state index contributed by atoms with van der Waals surface area (Å²) in [6.07, 6.45) is 0.462. The van der Waals surface area contributed by atoms with E-state index in [1.165, 1.54) is 0 Å². The molecule has 0 atom stereocenters. The van der Waals surface area contributed by atoms with Gasteiger partial charge in [0.1, 0.15) is 12.4 Å². The van der Waals surface area contributed by atoms with Crippen molar-refractivity contribution >= 4 is 10.8 Å². The summed E-state index contributed by atoms with van der Waals surface area (Å²) in [5.74, 6) is 0.575. The van der Waals surface area contributed by atoms with E-state index in [2.05, 4.69) is 4.98 Å². The summed E-state index contributed by atoms with van der Waals surface area (Å²) < 4.78 is 18.0. The Kier molecular flexibility index (Phi) is 4.66. The SMILES string of the molecule is CC(C)(C)c1cc2cc(OCC(=CF)CN)ccc2c(=O)[nH]1. The number of hydrogen-bond acceptors (Lipinski definition) is 3. The number of nitrogens with two attached hydrogens (primary N) is 1. The molecule has 0 unspecified atom stereocenters. The molecular formula is C17H21FN2O2. The number of pyridine rings is 1. The van der Waals surface area contributed by atoms with E-state index in [0.717, 1.165) is 11.1 Å². The number of aromatic amines is 1. The molecule has 0 radical (unpaired) electrons. The van der Waals surface area contributed by atoms with Crippen molar-refractivity contribution in [3.8, 4) is 5.75 Å². The predicted molar refractivity (Wildman–Crippen MR) is 87.0 cm³/mol. The monoisotopic (exact) mass is 304 g/mol. The molecule has 118 valence electrons. The van der Waals surface area contributed by atoms with Crippen LogP contribution in [-0.2, 0) is 5.41 Å². The number of ether oxygens (including phenoxy) is 1. The maximum absolute atomic E-state index is 12.5. The van der Waals surface area contributed by atoms with Gasteiger partial charge in [-0.15, -0.1) is 0 Å². The van der Waals surface area contributed by atoms with Crippen molar-refractivity contribution in [2.75, 3.05) is 13.2 Å². The van der Waals surface area contributed by atoms with Crippen LogP contribution in [0.3, 0.4) is 0 Å². The van der Waals surface area contributed by atoms with Crippen molar-refractivity contribution in [2.24, 2.45) is 5.73 Å². The molecule has 0 aliphatic carbocycles. The molecule has 1 aromatic heterocycles. The Morgan fingerprint density at radius 1 is 1.36 bits per heavy atom. The van der Waals surface area contributed by atoms with Crippen LogP contribution in [0.25, 0.3) is 10.8 Å². The fourth-order valence-corrected chi connectivity index (χ4v) is 2.05. The van der Waals surface area contributed by atoms with Crippen molar-refractivity contribution in [1.29, 1.82) is 0 Å². The van der Waals surface area contributed by atoms with Gasteiger partial charge in [-0.3, -0.25) is 4.79 Å². The number of rotatable bonds is 4. The summed E-state index contributed by atoms with van der Waals surface area (Å²) >= 11 is 0. The summed E-state index contributed by atoms with van der Waals surface area (Å²) in [5.41, 5.74) is 6.34. The van der Waals surface area contributed by atoms with Gasteiger partial charge in [0.05, 0.1) is 6.33 Å². The summed E-state index contributed by atoms with van der Waals surface area (Å²) in [6.45, 7) is 6.30. The van der Waals surface area contributed by atoms with Gasteiger partial charge < -0.3 is 15.5 Å². The second-order valence-electron chi connectivity index (χ2n) is 6.27. The van der Waals surface area contributed by atoms with Crippen molar-refractivity contribution in [3.63, 3.8) is 0 Å². The third-order valence-corrected chi connectivity index (χ3v) is 3.46. The smallest absolute Gasteiger partial charge is 0.256 e. The summed E-state index contributed by atoms with van der Waals surface area (Å²) in [7, 11) is 0. The molecule has 0 saturated heterocycles. The minimum absolute atomic E-state index is 0.0911. The molecule has 2 rings (SSSR count). The van der Waals surface area contributed by atoms with Gasteiger partial charge in [-0.1, -0.05) is 20.8 Å². The fraction of sp³-hybridized carbons (Fsp3) is 0.353. The molecule has 3 N–H and O–H groups in total. The first-order valence-electron chi connectivity index (χ1n) is 7.13. The van der Waals surface area contributed by atoms with Gasteiger partial charge in [0, 0.05) is 28.6 Å². The van der Waals surface area contributed by atoms with Crippen molar-refractivity contribution in [2.45, 2.75) is 26.2 Å². The van der Waals surface area contributed by atoms with Crippen LogP contribution in [0.5, 0.6) is 5.75 Å². The molecule has 5 heteroatoms. The third-order valence-electron chi connectivity index (χ3n) is 3.46. The van der Waals surface area contributed by atoms with E-state index in [0.29, 0.717) is 23.0 Å². The van der Waals surface area contributed by atoms with E-state index in [1.54, 1.807) is 18.2 Å². The largest absolute Gasteiger partial charge is 0.489 e. The average molecular weight is 304 g/mol. The number of fused-ring (bicyclic) bond motifs is 1. The number of H-pyrrole nitrogens is 1. The van der Waals surface area contributed by atoms with Crippen molar-refractivity contribution < 1.29 is 9.13 Å². The first kappa shape index (κ1) is 16.2. The van der Waals surface area contributed by atoms with Crippen LogP contribution in [-0.4, -0.2) is 18.1 Å². The number of nitrogens with one attached hydrogen (secondary N) is 1. The highest BCUT2D eigenvalue weighted by atomic mass is 19.1. The molecule has 1 aromatic carbocycles. The lowest BCUT2D eigenvalue weighted by Crippen LogP contribution is -2.19. The van der Waals surface area contributed by atoms with Gasteiger partial charge >= 0.3 is 0 Å². The molecule has 0 spiro atoms. The number of halogens is 1. The standard InChI is InChI=1S/C17H21FN2O2/c1-17(2,3)15-7-12-6-13(22-10-11(8-18)9-19)4-5-14(12)16(21)20-15/h4-8H,9-10,19H2,1-3H3,(H,20,21). The Bertz CT molecular complexity index is 757. The van der Waals surface area contributed by atoms with Gasteiger partial charge in [0.15, 0.2) is 0 Å². The van der Waals surface area contributed by atoms with Crippen LogP contribution in [0, 0.1) is 0 Å². The zero-order valence-corrected chi connectivity index (χ0v) is 13.1. The maximum Gasteiger partial charge on any atom is 0.256 e. The highest BCUT2D eigenvalue weighted by molar-refractivity contribution is 5.83. The normalized spacial score (nSPS) is 12.7. The Morgan fingerprint density at radius 3 is 2.68 bits per heavy atom. The summed E-state index contributed by atoms with van der Waals surface area (Å²) in [6, 6.07) is 7.13. The Hall–Kier alpha value is -2.14. The van der Waals surface area contributed by atoms with Crippen LogP contribution in [0.1, 0.15) is 26.5 Å².